The van der Waals surface area contributed by atoms with Crippen molar-refractivity contribution in [3.8, 4) is 11.3 Å². The molecule has 0 atom stereocenters. The van der Waals surface area contributed by atoms with Gasteiger partial charge in [-0.3, -0.25) is 9.78 Å². The minimum atomic E-state index is -2.29. The van der Waals surface area contributed by atoms with E-state index in [2.05, 4.69) is 4.98 Å². The molecule has 1 aromatic carbocycles. The summed E-state index contributed by atoms with van der Waals surface area (Å²) in [6.07, 6.45) is 1.22. The van der Waals surface area contributed by atoms with E-state index in [9.17, 15) is 26.7 Å². The molecule has 0 saturated heterocycles. The second-order valence-electron chi connectivity index (χ2n) is 3.63. The van der Waals surface area contributed by atoms with Crippen molar-refractivity contribution >= 4 is 17.9 Å². The number of hydrogen-bond donors (Lipinski definition) is 0. The molecular formula is C12H3ClF5NO. The maximum atomic E-state index is 13.6. The number of carbonyl (C=O) groups excluding carboxylic acids is 1. The van der Waals surface area contributed by atoms with Crippen LogP contribution in [0.3, 0.4) is 0 Å². The van der Waals surface area contributed by atoms with Crippen molar-refractivity contribution in [3.05, 3.63) is 51.9 Å². The third kappa shape index (κ3) is 2.03. The molecule has 0 aliphatic rings. The first kappa shape index (κ1) is 14.4. The summed E-state index contributed by atoms with van der Waals surface area (Å²) in [5.41, 5.74) is -2.18. The van der Waals surface area contributed by atoms with Crippen LogP contribution in [0.1, 0.15) is 10.4 Å². The highest BCUT2D eigenvalue weighted by atomic mass is 35.5. The van der Waals surface area contributed by atoms with E-state index in [1.54, 1.807) is 0 Å². The fourth-order valence-corrected chi connectivity index (χ4v) is 1.79. The molecular weight excluding hydrogens is 305 g/mol. The van der Waals surface area contributed by atoms with Crippen molar-refractivity contribution in [2.24, 2.45) is 0 Å². The molecule has 0 fully saturated rings. The molecule has 0 bridgehead atoms. The third-order valence-corrected chi connectivity index (χ3v) is 2.89. The van der Waals surface area contributed by atoms with Crippen molar-refractivity contribution in [3.63, 3.8) is 0 Å². The minimum Gasteiger partial charge on any atom is -0.298 e. The van der Waals surface area contributed by atoms with Gasteiger partial charge in [0, 0.05) is 11.8 Å². The van der Waals surface area contributed by atoms with Crippen LogP contribution in [0.25, 0.3) is 11.3 Å². The van der Waals surface area contributed by atoms with Crippen LogP contribution in [0.15, 0.2) is 12.3 Å². The second-order valence-corrected chi connectivity index (χ2v) is 4.00. The molecule has 0 unspecified atom stereocenters. The Balaban J connectivity index is 2.87. The highest BCUT2D eigenvalue weighted by Gasteiger charge is 2.28. The van der Waals surface area contributed by atoms with Crippen molar-refractivity contribution in [2.75, 3.05) is 0 Å². The first-order chi connectivity index (χ1) is 9.40. The summed E-state index contributed by atoms with van der Waals surface area (Å²) >= 11 is 5.67. The van der Waals surface area contributed by atoms with Gasteiger partial charge in [0.15, 0.2) is 29.6 Å². The second kappa shape index (κ2) is 5.16. The van der Waals surface area contributed by atoms with Crippen LogP contribution in [0, 0.1) is 29.1 Å². The van der Waals surface area contributed by atoms with E-state index in [1.807, 2.05) is 0 Å². The lowest BCUT2D eigenvalue weighted by Gasteiger charge is -2.09. The third-order valence-electron chi connectivity index (χ3n) is 2.49. The highest BCUT2D eigenvalue weighted by Crippen LogP contribution is 2.35. The Bertz CT molecular complexity index is 690. The zero-order chi connectivity index (χ0) is 15.0. The van der Waals surface area contributed by atoms with Crippen LogP contribution < -0.4 is 0 Å². The summed E-state index contributed by atoms with van der Waals surface area (Å²) in [6, 6.07) is 1.13. The fourth-order valence-electron chi connectivity index (χ4n) is 1.54. The molecule has 2 aromatic rings. The zero-order valence-electron chi connectivity index (χ0n) is 9.36. The minimum absolute atomic E-state index is 0.194. The monoisotopic (exact) mass is 307 g/mol. The van der Waals surface area contributed by atoms with Gasteiger partial charge in [-0.25, -0.2) is 22.0 Å². The van der Waals surface area contributed by atoms with Crippen molar-refractivity contribution in [1.82, 2.24) is 4.98 Å². The normalized spacial score (nSPS) is 10.7. The van der Waals surface area contributed by atoms with Crippen LogP contribution in [-0.2, 0) is 0 Å². The molecule has 2 nitrogen and oxygen atoms in total. The Hall–Kier alpha value is -2.02. The summed E-state index contributed by atoms with van der Waals surface area (Å²) in [5.74, 6) is -10.7. The van der Waals surface area contributed by atoms with Crippen LogP contribution in [-0.4, -0.2) is 11.3 Å². The number of rotatable bonds is 2. The predicted molar refractivity (Wildman–Crippen MR) is 59.9 cm³/mol. The number of hydrogen-bond acceptors (Lipinski definition) is 2. The predicted octanol–water partition coefficient (Wildman–Crippen LogP) is 3.91. The Labute approximate surface area is 113 Å². The molecule has 0 radical (unpaired) electrons. The first-order valence-corrected chi connectivity index (χ1v) is 5.39. The summed E-state index contributed by atoms with van der Waals surface area (Å²) < 4.78 is 66.3. The lowest BCUT2D eigenvalue weighted by molar-refractivity contribution is 0.112. The van der Waals surface area contributed by atoms with Gasteiger partial charge in [-0.1, -0.05) is 11.6 Å². The number of aromatic nitrogens is 1. The van der Waals surface area contributed by atoms with E-state index in [0.29, 0.717) is 0 Å². The molecule has 20 heavy (non-hydrogen) atoms. The Morgan fingerprint density at radius 3 is 1.95 bits per heavy atom. The van der Waals surface area contributed by atoms with Gasteiger partial charge in [0.25, 0.3) is 0 Å². The van der Waals surface area contributed by atoms with Crippen LogP contribution in [0.2, 0.25) is 5.02 Å². The standard InChI is InChI=1S/C12H3ClF5NO/c13-6-4(3-20)1-2-19-12(6)5-7(14)9(16)11(18)10(17)8(5)15/h1-3H. The summed E-state index contributed by atoms with van der Waals surface area (Å²) in [5, 5.41) is -0.509. The molecule has 0 amide bonds. The van der Waals surface area contributed by atoms with E-state index >= 15 is 0 Å². The maximum absolute atomic E-state index is 13.6. The number of carbonyl (C=O) groups is 1. The van der Waals surface area contributed by atoms with Crippen LogP contribution in [0.4, 0.5) is 22.0 Å². The topological polar surface area (TPSA) is 30.0 Å². The number of benzene rings is 1. The largest absolute Gasteiger partial charge is 0.298 e. The van der Waals surface area contributed by atoms with Gasteiger partial charge in [-0.05, 0) is 6.07 Å². The van der Waals surface area contributed by atoms with Crippen molar-refractivity contribution in [2.45, 2.75) is 0 Å². The lowest BCUT2D eigenvalue weighted by atomic mass is 10.1. The Morgan fingerprint density at radius 1 is 0.950 bits per heavy atom. The van der Waals surface area contributed by atoms with Gasteiger partial charge in [0.1, 0.15) is 0 Å². The summed E-state index contributed by atoms with van der Waals surface area (Å²) in [6.45, 7) is 0. The number of aldehydes is 1. The summed E-state index contributed by atoms with van der Waals surface area (Å²) in [4.78, 5) is 14.1. The first-order valence-electron chi connectivity index (χ1n) is 5.01. The lowest BCUT2D eigenvalue weighted by Crippen LogP contribution is -2.05. The van der Waals surface area contributed by atoms with Crippen LogP contribution >= 0.6 is 11.6 Å². The van der Waals surface area contributed by atoms with Gasteiger partial charge in [-0.15, -0.1) is 0 Å². The van der Waals surface area contributed by atoms with E-state index in [0.717, 1.165) is 12.3 Å². The van der Waals surface area contributed by atoms with E-state index in [4.69, 9.17) is 11.6 Å². The molecule has 0 aliphatic heterocycles. The smallest absolute Gasteiger partial charge is 0.200 e. The SMILES string of the molecule is O=Cc1ccnc(-c2c(F)c(F)c(F)c(F)c2F)c1Cl. The maximum Gasteiger partial charge on any atom is 0.200 e. The van der Waals surface area contributed by atoms with E-state index in [1.165, 1.54) is 0 Å². The molecule has 0 spiro atoms. The Morgan fingerprint density at radius 2 is 1.45 bits per heavy atom. The zero-order valence-corrected chi connectivity index (χ0v) is 10.1. The average Bonchev–Trinajstić information content (AvgIpc) is 2.45. The molecule has 0 N–H and O–H groups in total. The molecule has 0 saturated carbocycles. The van der Waals surface area contributed by atoms with E-state index < -0.39 is 45.4 Å². The van der Waals surface area contributed by atoms with Crippen molar-refractivity contribution in [1.29, 1.82) is 0 Å². The van der Waals surface area contributed by atoms with E-state index in [-0.39, 0.29) is 11.8 Å². The van der Waals surface area contributed by atoms with Gasteiger partial charge in [0.2, 0.25) is 5.82 Å². The molecule has 0 aliphatic carbocycles. The Kier molecular flexibility index (Phi) is 3.71. The number of nitrogens with zero attached hydrogens (tertiary/aromatic N) is 1. The summed E-state index contributed by atoms with van der Waals surface area (Å²) in [7, 11) is 0. The van der Waals surface area contributed by atoms with Gasteiger partial charge in [0.05, 0.1) is 16.3 Å². The number of halogens is 6. The molecule has 104 valence electrons. The van der Waals surface area contributed by atoms with Crippen LogP contribution in [0.5, 0.6) is 0 Å². The number of pyridine rings is 1. The van der Waals surface area contributed by atoms with Crippen molar-refractivity contribution < 1.29 is 26.7 Å². The fraction of sp³-hybridized carbons (Fsp3) is 0. The van der Waals surface area contributed by atoms with Gasteiger partial charge in [-0.2, -0.15) is 0 Å². The highest BCUT2D eigenvalue weighted by molar-refractivity contribution is 6.35. The quantitative estimate of drug-likeness (QED) is 0.364. The molecule has 2 rings (SSSR count). The average molecular weight is 308 g/mol. The molecule has 8 heteroatoms. The molecule has 1 heterocycles. The van der Waals surface area contributed by atoms with Gasteiger partial charge >= 0.3 is 0 Å². The molecule has 1 aromatic heterocycles. The van der Waals surface area contributed by atoms with Gasteiger partial charge < -0.3 is 0 Å².